The SMILES string of the molecule is CS(=O)(=O)c1cccc(NC(=O)Oc2cnn(-c3ccccc3)c2C(F)(F)F)c1. The van der Waals surface area contributed by atoms with Crippen molar-refractivity contribution in [2.24, 2.45) is 0 Å². The number of ether oxygens (including phenoxy) is 1. The molecular weight excluding hydrogens is 411 g/mol. The van der Waals surface area contributed by atoms with E-state index < -0.39 is 33.6 Å². The van der Waals surface area contributed by atoms with E-state index in [4.69, 9.17) is 4.74 Å². The fourth-order valence-corrected chi connectivity index (χ4v) is 3.15. The van der Waals surface area contributed by atoms with E-state index in [1.807, 2.05) is 0 Å². The highest BCUT2D eigenvalue weighted by atomic mass is 32.2. The minimum Gasteiger partial charge on any atom is -0.406 e. The summed E-state index contributed by atoms with van der Waals surface area (Å²) in [7, 11) is -3.53. The van der Waals surface area contributed by atoms with Gasteiger partial charge in [-0.25, -0.2) is 17.9 Å². The van der Waals surface area contributed by atoms with Crippen molar-refractivity contribution >= 4 is 21.6 Å². The average molecular weight is 425 g/mol. The maximum atomic E-state index is 13.6. The van der Waals surface area contributed by atoms with Crippen LogP contribution in [0.3, 0.4) is 0 Å². The van der Waals surface area contributed by atoms with Crippen LogP contribution in [0.4, 0.5) is 23.7 Å². The molecule has 0 saturated carbocycles. The van der Waals surface area contributed by atoms with Crippen LogP contribution in [0.1, 0.15) is 5.69 Å². The number of sulfone groups is 1. The van der Waals surface area contributed by atoms with Gasteiger partial charge in [-0.05, 0) is 30.3 Å². The Hall–Kier alpha value is -3.34. The van der Waals surface area contributed by atoms with E-state index >= 15 is 0 Å². The van der Waals surface area contributed by atoms with Crippen molar-refractivity contribution in [3.05, 3.63) is 66.5 Å². The molecule has 0 unspecified atom stereocenters. The van der Waals surface area contributed by atoms with Crippen molar-refractivity contribution in [1.82, 2.24) is 9.78 Å². The van der Waals surface area contributed by atoms with Crippen molar-refractivity contribution < 1.29 is 31.1 Å². The number of hydrogen-bond donors (Lipinski definition) is 1. The molecule has 2 aromatic carbocycles. The normalized spacial score (nSPS) is 11.9. The molecular formula is C18H14F3N3O4S. The molecule has 0 spiro atoms. The number of para-hydroxylation sites is 1. The zero-order valence-electron chi connectivity index (χ0n) is 14.8. The number of carbonyl (C=O) groups is 1. The molecule has 0 aliphatic carbocycles. The first-order chi connectivity index (χ1) is 13.6. The minimum atomic E-state index is -4.85. The van der Waals surface area contributed by atoms with Gasteiger partial charge in [0.05, 0.1) is 16.8 Å². The van der Waals surface area contributed by atoms with E-state index in [0.717, 1.165) is 18.5 Å². The number of carbonyl (C=O) groups excluding carboxylic acids is 1. The molecule has 0 fully saturated rings. The smallest absolute Gasteiger partial charge is 0.406 e. The van der Waals surface area contributed by atoms with Crippen LogP contribution in [0.5, 0.6) is 5.75 Å². The highest BCUT2D eigenvalue weighted by Gasteiger charge is 2.40. The number of nitrogens with zero attached hydrogens (tertiary/aromatic N) is 2. The van der Waals surface area contributed by atoms with E-state index in [1.54, 1.807) is 18.2 Å². The fraction of sp³-hybridized carbons (Fsp3) is 0.111. The zero-order chi connectivity index (χ0) is 21.2. The van der Waals surface area contributed by atoms with Crippen molar-refractivity contribution in [3.63, 3.8) is 0 Å². The Bertz CT molecular complexity index is 1140. The largest absolute Gasteiger partial charge is 0.437 e. The molecule has 0 aliphatic rings. The summed E-state index contributed by atoms with van der Waals surface area (Å²) in [6, 6.07) is 12.8. The standard InChI is InChI=1S/C18H14F3N3O4S/c1-29(26,27)14-9-5-6-12(10-14)23-17(25)28-15-11-22-24(16(15)18(19,20)21)13-7-3-2-4-8-13/h2-11H,1H3,(H,23,25). The van der Waals surface area contributed by atoms with E-state index in [-0.39, 0.29) is 16.3 Å². The second-order valence-corrected chi connectivity index (χ2v) is 7.93. The Labute approximate surface area is 163 Å². The maximum Gasteiger partial charge on any atom is 0.437 e. The highest BCUT2D eigenvalue weighted by Crippen LogP contribution is 2.37. The van der Waals surface area contributed by atoms with Gasteiger partial charge in [-0.2, -0.15) is 18.3 Å². The number of halogens is 3. The lowest BCUT2D eigenvalue weighted by Crippen LogP contribution is -2.20. The van der Waals surface area contributed by atoms with Gasteiger partial charge in [-0.15, -0.1) is 0 Å². The van der Waals surface area contributed by atoms with E-state index in [1.165, 1.54) is 30.3 Å². The summed E-state index contributed by atoms with van der Waals surface area (Å²) in [5.74, 6) is -0.793. The summed E-state index contributed by atoms with van der Waals surface area (Å²) in [5, 5.41) is 5.87. The lowest BCUT2D eigenvalue weighted by atomic mass is 10.3. The molecule has 0 aliphatic heterocycles. The van der Waals surface area contributed by atoms with Crippen LogP contribution in [0.15, 0.2) is 65.7 Å². The average Bonchev–Trinajstić information content (AvgIpc) is 3.06. The Balaban J connectivity index is 1.87. The van der Waals surface area contributed by atoms with Crippen molar-refractivity contribution in [2.45, 2.75) is 11.1 Å². The monoisotopic (exact) mass is 425 g/mol. The predicted octanol–water partition coefficient (Wildman–Crippen LogP) is 3.91. The molecule has 0 radical (unpaired) electrons. The third-order valence-corrected chi connectivity index (χ3v) is 4.83. The van der Waals surface area contributed by atoms with Crippen molar-refractivity contribution in [2.75, 3.05) is 11.6 Å². The Morgan fingerprint density at radius 3 is 2.41 bits per heavy atom. The molecule has 1 aromatic heterocycles. The third kappa shape index (κ3) is 4.74. The van der Waals surface area contributed by atoms with E-state index in [0.29, 0.717) is 4.68 Å². The van der Waals surface area contributed by atoms with Gasteiger partial charge in [0.2, 0.25) is 0 Å². The van der Waals surface area contributed by atoms with Gasteiger partial charge < -0.3 is 4.74 Å². The molecule has 0 atom stereocenters. The zero-order valence-corrected chi connectivity index (χ0v) is 15.7. The van der Waals surface area contributed by atoms with Gasteiger partial charge in [0, 0.05) is 11.9 Å². The molecule has 11 heteroatoms. The van der Waals surface area contributed by atoms with Crippen LogP contribution in [-0.2, 0) is 16.0 Å². The molecule has 7 nitrogen and oxygen atoms in total. The first kappa shape index (κ1) is 20.4. The lowest BCUT2D eigenvalue weighted by Gasteiger charge is -2.13. The first-order valence-electron chi connectivity index (χ1n) is 8.05. The van der Waals surface area contributed by atoms with E-state index in [2.05, 4.69) is 10.4 Å². The second kappa shape index (κ2) is 7.59. The molecule has 0 bridgehead atoms. The number of hydrogen-bond acceptors (Lipinski definition) is 5. The summed E-state index contributed by atoms with van der Waals surface area (Å²) < 4.78 is 69.2. The van der Waals surface area contributed by atoms with Crippen LogP contribution in [-0.4, -0.2) is 30.5 Å². The van der Waals surface area contributed by atoms with E-state index in [9.17, 15) is 26.4 Å². The number of benzene rings is 2. The summed E-state index contributed by atoms with van der Waals surface area (Å²) in [4.78, 5) is 12.0. The number of amides is 1. The molecule has 152 valence electrons. The van der Waals surface area contributed by atoms with Gasteiger partial charge in [0.1, 0.15) is 0 Å². The Morgan fingerprint density at radius 2 is 1.79 bits per heavy atom. The van der Waals surface area contributed by atoms with Crippen molar-refractivity contribution in [1.29, 1.82) is 0 Å². The van der Waals surface area contributed by atoms with Gasteiger partial charge in [-0.1, -0.05) is 24.3 Å². The summed E-state index contributed by atoms with van der Waals surface area (Å²) in [6.07, 6.45) is -4.31. The summed E-state index contributed by atoms with van der Waals surface area (Å²) in [6.45, 7) is 0. The Morgan fingerprint density at radius 1 is 1.10 bits per heavy atom. The van der Waals surface area contributed by atoms with Gasteiger partial charge in [0.25, 0.3) is 0 Å². The molecule has 29 heavy (non-hydrogen) atoms. The topological polar surface area (TPSA) is 90.3 Å². The molecule has 3 rings (SSSR count). The van der Waals surface area contributed by atoms with Crippen LogP contribution in [0.2, 0.25) is 0 Å². The molecule has 0 saturated heterocycles. The molecule has 3 aromatic rings. The predicted molar refractivity (Wildman–Crippen MR) is 97.8 cm³/mol. The quantitative estimate of drug-likeness (QED) is 0.685. The first-order valence-corrected chi connectivity index (χ1v) is 9.94. The van der Waals surface area contributed by atoms with Crippen molar-refractivity contribution in [3.8, 4) is 11.4 Å². The van der Waals surface area contributed by atoms with Gasteiger partial charge in [-0.3, -0.25) is 5.32 Å². The van der Waals surface area contributed by atoms with Gasteiger partial charge in [0.15, 0.2) is 21.3 Å². The molecule has 1 N–H and O–H groups in total. The summed E-state index contributed by atoms with van der Waals surface area (Å²) >= 11 is 0. The second-order valence-electron chi connectivity index (χ2n) is 5.92. The number of nitrogens with one attached hydrogen (secondary N) is 1. The van der Waals surface area contributed by atoms with Gasteiger partial charge >= 0.3 is 12.3 Å². The number of aromatic nitrogens is 2. The fourth-order valence-electron chi connectivity index (χ4n) is 2.48. The van der Waals surface area contributed by atoms with Crippen LogP contribution >= 0.6 is 0 Å². The summed E-state index contributed by atoms with van der Waals surface area (Å²) in [5.41, 5.74) is -1.08. The third-order valence-electron chi connectivity index (χ3n) is 3.72. The van der Waals surface area contributed by atoms with Crippen LogP contribution in [0.25, 0.3) is 5.69 Å². The number of rotatable bonds is 4. The number of alkyl halides is 3. The van der Waals surface area contributed by atoms with Crippen LogP contribution in [0, 0.1) is 0 Å². The van der Waals surface area contributed by atoms with Crippen LogP contribution < -0.4 is 10.1 Å². The number of anilines is 1. The lowest BCUT2D eigenvalue weighted by molar-refractivity contribution is -0.143. The maximum absolute atomic E-state index is 13.6. The highest BCUT2D eigenvalue weighted by molar-refractivity contribution is 7.90. The molecule has 1 amide bonds. The Kier molecular flexibility index (Phi) is 5.33. The molecule has 1 heterocycles. The minimum absolute atomic E-state index is 0.0435.